The summed E-state index contributed by atoms with van der Waals surface area (Å²) in [6.07, 6.45) is 9.64. The minimum atomic E-state index is -0.971. The molecule has 0 aliphatic carbocycles. The van der Waals surface area contributed by atoms with Crippen LogP contribution in [0.5, 0.6) is 0 Å². The molecule has 0 aliphatic rings. The Bertz CT molecular complexity index is 191. The smallest absolute Gasteiger partial charge is 0.0483 e. The normalized spacial score (nSPS) is 13.2. The number of rotatable bonds is 9. The van der Waals surface area contributed by atoms with Crippen molar-refractivity contribution in [3.63, 3.8) is 0 Å². The Hall–Kier alpha value is -0.0831. The molecule has 0 aromatic carbocycles. The predicted octanol–water partition coefficient (Wildman–Crippen LogP) is 4.60. The summed E-state index contributed by atoms with van der Waals surface area (Å²) >= 11 is 0. The molecule has 96 valence electrons. The van der Waals surface area contributed by atoms with Crippen molar-refractivity contribution in [2.45, 2.75) is 71.1 Å². The Morgan fingerprint density at radius 3 is 2.31 bits per heavy atom. The summed E-state index contributed by atoms with van der Waals surface area (Å²) in [6.45, 7) is 9.89. The van der Waals surface area contributed by atoms with Crippen molar-refractivity contribution in [2.75, 3.05) is 6.61 Å². The van der Waals surface area contributed by atoms with Crippen LogP contribution in [-0.4, -0.2) is 19.8 Å². The van der Waals surface area contributed by atoms with E-state index in [1.165, 1.54) is 31.7 Å². The molecule has 0 aromatic rings. The van der Waals surface area contributed by atoms with E-state index < -0.39 is 8.07 Å². The van der Waals surface area contributed by atoms with E-state index in [2.05, 4.69) is 32.6 Å². The quantitative estimate of drug-likeness (QED) is 0.356. The first kappa shape index (κ1) is 15.9. The highest BCUT2D eigenvalue weighted by Crippen LogP contribution is 2.22. The lowest BCUT2D eigenvalue weighted by atomic mass is 10.1. The summed E-state index contributed by atoms with van der Waals surface area (Å²) in [5, 5.41) is 8.81. The van der Waals surface area contributed by atoms with Crippen LogP contribution in [0.15, 0.2) is 11.6 Å². The predicted molar refractivity (Wildman–Crippen MR) is 76.7 cm³/mol. The van der Waals surface area contributed by atoms with Gasteiger partial charge in [0.25, 0.3) is 0 Å². The van der Waals surface area contributed by atoms with Gasteiger partial charge in [0, 0.05) is 14.7 Å². The van der Waals surface area contributed by atoms with Gasteiger partial charge in [0.2, 0.25) is 0 Å². The van der Waals surface area contributed by atoms with Crippen LogP contribution in [0.1, 0.15) is 45.4 Å². The van der Waals surface area contributed by atoms with Gasteiger partial charge in [-0.3, -0.25) is 0 Å². The summed E-state index contributed by atoms with van der Waals surface area (Å²) in [5.41, 5.74) is 1.65. The molecule has 0 amide bonds. The summed E-state index contributed by atoms with van der Waals surface area (Å²) < 4.78 is 0. The molecular weight excluding hydrogens is 212 g/mol. The number of hydrogen-bond acceptors (Lipinski definition) is 1. The molecule has 0 atom stereocenters. The second-order valence-corrected chi connectivity index (χ2v) is 11.4. The highest BCUT2D eigenvalue weighted by molar-refractivity contribution is 6.76. The first-order valence-electron chi connectivity index (χ1n) is 6.78. The molecule has 0 bridgehead atoms. The van der Waals surface area contributed by atoms with Gasteiger partial charge >= 0.3 is 0 Å². The first-order valence-corrected chi connectivity index (χ1v) is 10.5. The van der Waals surface area contributed by atoms with Crippen molar-refractivity contribution >= 4 is 8.07 Å². The van der Waals surface area contributed by atoms with Crippen molar-refractivity contribution in [3.05, 3.63) is 11.6 Å². The van der Waals surface area contributed by atoms with Crippen LogP contribution < -0.4 is 0 Å². The van der Waals surface area contributed by atoms with Gasteiger partial charge in [0.1, 0.15) is 0 Å². The Morgan fingerprint density at radius 2 is 1.81 bits per heavy atom. The van der Waals surface area contributed by atoms with Crippen molar-refractivity contribution in [3.8, 4) is 0 Å². The molecule has 0 spiro atoms. The minimum absolute atomic E-state index is 0.325. The van der Waals surface area contributed by atoms with Gasteiger partial charge in [-0.1, -0.05) is 51.1 Å². The molecule has 0 heterocycles. The standard InChI is InChI=1S/C14H30OSi/c1-5-6-7-10-14(11-8-9-12-15)13-16(2,3)4/h11,15H,5-10,12-13H2,1-4H3/b14-11-. The maximum atomic E-state index is 8.81. The SMILES string of the molecule is CCCCC/C(=C/CCCO)C[Si](C)(C)C. The first-order chi connectivity index (χ1) is 7.49. The van der Waals surface area contributed by atoms with E-state index in [4.69, 9.17) is 5.11 Å². The Balaban J connectivity index is 4.10. The molecule has 0 fully saturated rings. The molecular formula is C14H30OSi. The molecule has 0 unspecified atom stereocenters. The number of allylic oxidation sites excluding steroid dienone is 2. The van der Waals surface area contributed by atoms with Crippen LogP contribution in [0.25, 0.3) is 0 Å². The zero-order valence-corrected chi connectivity index (χ0v) is 12.7. The minimum Gasteiger partial charge on any atom is -0.396 e. The molecule has 0 saturated carbocycles. The molecule has 1 nitrogen and oxygen atoms in total. The third-order valence-corrected chi connectivity index (χ3v) is 4.17. The van der Waals surface area contributed by atoms with Crippen LogP contribution in [0.2, 0.25) is 25.7 Å². The van der Waals surface area contributed by atoms with Gasteiger partial charge in [-0.25, -0.2) is 0 Å². The lowest BCUT2D eigenvalue weighted by molar-refractivity contribution is 0.289. The zero-order chi connectivity index (χ0) is 12.4. The number of aliphatic hydroxyl groups is 1. The Kier molecular flexibility index (Phi) is 8.95. The second kappa shape index (κ2) is 9.00. The van der Waals surface area contributed by atoms with Crippen LogP contribution in [0.4, 0.5) is 0 Å². The van der Waals surface area contributed by atoms with Crippen LogP contribution in [0, 0.1) is 0 Å². The largest absolute Gasteiger partial charge is 0.396 e. The van der Waals surface area contributed by atoms with E-state index >= 15 is 0 Å². The molecule has 0 radical (unpaired) electrons. The molecule has 16 heavy (non-hydrogen) atoms. The van der Waals surface area contributed by atoms with Gasteiger partial charge in [-0.15, -0.1) is 0 Å². The highest BCUT2D eigenvalue weighted by Gasteiger charge is 2.14. The number of unbranched alkanes of at least 4 members (excludes halogenated alkanes) is 3. The van der Waals surface area contributed by atoms with Crippen molar-refractivity contribution in [2.24, 2.45) is 0 Å². The molecule has 0 saturated heterocycles. The van der Waals surface area contributed by atoms with Crippen molar-refractivity contribution in [1.82, 2.24) is 0 Å². The lowest BCUT2D eigenvalue weighted by Crippen LogP contribution is -2.20. The van der Waals surface area contributed by atoms with E-state index in [9.17, 15) is 0 Å². The summed E-state index contributed by atoms with van der Waals surface area (Å²) in [5.74, 6) is 0. The summed E-state index contributed by atoms with van der Waals surface area (Å²) in [7, 11) is -0.971. The molecule has 0 rings (SSSR count). The number of aliphatic hydroxyl groups excluding tert-OH is 1. The molecule has 2 heteroatoms. The maximum Gasteiger partial charge on any atom is 0.0483 e. The van der Waals surface area contributed by atoms with Gasteiger partial charge in [0.15, 0.2) is 0 Å². The summed E-state index contributed by atoms with van der Waals surface area (Å²) in [4.78, 5) is 0. The maximum absolute atomic E-state index is 8.81. The fourth-order valence-corrected chi connectivity index (χ4v) is 3.63. The third kappa shape index (κ3) is 10.4. The second-order valence-electron chi connectivity index (χ2n) is 5.92. The van der Waals surface area contributed by atoms with Gasteiger partial charge in [0.05, 0.1) is 0 Å². The van der Waals surface area contributed by atoms with Gasteiger partial charge in [-0.2, -0.15) is 0 Å². The van der Waals surface area contributed by atoms with Crippen LogP contribution >= 0.6 is 0 Å². The fourth-order valence-electron chi connectivity index (χ4n) is 1.94. The topological polar surface area (TPSA) is 20.2 Å². The number of hydrogen-bond donors (Lipinski definition) is 1. The fraction of sp³-hybridized carbons (Fsp3) is 0.857. The Morgan fingerprint density at radius 1 is 1.12 bits per heavy atom. The van der Waals surface area contributed by atoms with Crippen molar-refractivity contribution in [1.29, 1.82) is 0 Å². The van der Waals surface area contributed by atoms with E-state index in [0.717, 1.165) is 12.8 Å². The van der Waals surface area contributed by atoms with Gasteiger partial charge < -0.3 is 5.11 Å². The third-order valence-electron chi connectivity index (χ3n) is 2.65. The van der Waals surface area contributed by atoms with Crippen LogP contribution in [0.3, 0.4) is 0 Å². The van der Waals surface area contributed by atoms with Gasteiger partial charge in [-0.05, 0) is 31.7 Å². The van der Waals surface area contributed by atoms with E-state index in [-0.39, 0.29) is 0 Å². The Labute approximate surface area is 103 Å². The average Bonchev–Trinajstić information content (AvgIpc) is 2.16. The highest BCUT2D eigenvalue weighted by atomic mass is 28.3. The van der Waals surface area contributed by atoms with E-state index in [1.54, 1.807) is 5.57 Å². The van der Waals surface area contributed by atoms with Crippen molar-refractivity contribution < 1.29 is 5.11 Å². The molecule has 0 aliphatic heterocycles. The van der Waals surface area contributed by atoms with E-state index in [0.29, 0.717) is 6.61 Å². The average molecular weight is 242 g/mol. The summed E-state index contributed by atoms with van der Waals surface area (Å²) in [6, 6.07) is 1.34. The zero-order valence-electron chi connectivity index (χ0n) is 11.7. The lowest BCUT2D eigenvalue weighted by Gasteiger charge is -2.18. The molecule has 1 N–H and O–H groups in total. The monoisotopic (exact) mass is 242 g/mol. The van der Waals surface area contributed by atoms with E-state index in [1.807, 2.05) is 0 Å². The van der Waals surface area contributed by atoms with Crippen LogP contribution in [-0.2, 0) is 0 Å². The molecule has 0 aromatic heterocycles.